The van der Waals surface area contributed by atoms with Crippen LogP contribution < -0.4 is 0 Å². The van der Waals surface area contributed by atoms with Crippen LogP contribution in [-0.2, 0) is 4.79 Å². The Kier molecular flexibility index (Phi) is 18.5. The first kappa shape index (κ1) is 23.9. The Morgan fingerprint density at radius 1 is 0.680 bits per heavy atom. The minimum absolute atomic E-state index is 0.479. The predicted molar refractivity (Wildman–Crippen MR) is 110 cm³/mol. The maximum atomic E-state index is 10.6. The molecule has 0 aromatic rings. The molecule has 0 aromatic heterocycles. The molecule has 0 saturated heterocycles. The van der Waals surface area contributed by atoms with Crippen molar-refractivity contribution in [2.24, 2.45) is 0 Å². The van der Waals surface area contributed by atoms with E-state index in [1.54, 1.807) is 6.92 Å². The zero-order chi connectivity index (χ0) is 18.6. The van der Waals surface area contributed by atoms with Gasteiger partial charge >= 0.3 is 5.97 Å². The summed E-state index contributed by atoms with van der Waals surface area (Å²) in [7, 11) is 0. The minimum Gasteiger partial charge on any atom is -0.478 e. The summed E-state index contributed by atoms with van der Waals surface area (Å²) < 4.78 is 0. The first-order valence-corrected chi connectivity index (χ1v) is 10.7. The van der Waals surface area contributed by atoms with Gasteiger partial charge in [0.1, 0.15) is 0 Å². The quantitative estimate of drug-likeness (QED) is 0.146. The van der Waals surface area contributed by atoms with E-state index in [-0.39, 0.29) is 0 Å². The molecule has 146 valence electrons. The summed E-state index contributed by atoms with van der Waals surface area (Å²) in [6, 6.07) is 0. The third-order valence-corrected chi connectivity index (χ3v) is 4.90. The molecule has 0 rings (SSSR count). The number of carbonyl (C=O) groups is 1. The van der Waals surface area contributed by atoms with Gasteiger partial charge in [-0.25, -0.2) is 4.79 Å². The van der Waals surface area contributed by atoms with Crippen LogP contribution in [0, 0.1) is 0 Å². The fraction of sp³-hybridized carbons (Fsp3) is 0.783. The van der Waals surface area contributed by atoms with Crippen molar-refractivity contribution in [2.45, 2.75) is 116 Å². The third kappa shape index (κ3) is 19.1. The molecule has 1 N–H and O–H groups in total. The summed E-state index contributed by atoms with van der Waals surface area (Å²) in [6.45, 7) is 5.44. The molecule has 25 heavy (non-hydrogen) atoms. The van der Waals surface area contributed by atoms with E-state index in [0.717, 1.165) is 12.8 Å². The predicted octanol–water partition coefficient (Wildman–Crippen LogP) is 7.84. The summed E-state index contributed by atoms with van der Waals surface area (Å²) in [6.07, 6.45) is 26.3. The Bertz CT molecular complexity index is 344. The van der Waals surface area contributed by atoms with Crippen LogP contribution in [0.5, 0.6) is 0 Å². The van der Waals surface area contributed by atoms with Crippen LogP contribution >= 0.6 is 0 Å². The van der Waals surface area contributed by atoms with Gasteiger partial charge in [-0.05, 0) is 32.6 Å². The van der Waals surface area contributed by atoms with Gasteiger partial charge in [0, 0.05) is 5.57 Å². The van der Waals surface area contributed by atoms with Crippen LogP contribution in [0.3, 0.4) is 0 Å². The molecule has 2 heteroatoms. The fourth-order valence-corrected chi connectivity index (χ4v) is 3.14. The lowest BCUT2D eigenvalue weighted by Crippen LogP contribution is -1.95. The van der Waals surface area contributed by atoms with E-state index < -0.39 is 5.97 Å². The molecule has 0 aliphatic heterocycles. The second kappa shape index (κ2) is 19.3. The monoisotopic (exact) mass is 350 g/mol. The van der Waals surface area contributed by atoms with Gasteiger partial charge in [-0.1, -0.05) is 95.6 Å². The third-order valence-electron chi connectivity index (χ3n) is 4.90. The summed E-state index contributed by atoms with van der Waals surface area (Å²) in [4.78, 5) is 10.6. The molecule has 0 saturated carbocycles. The van der Waals surface area contributed by atoms with Gasteiger partial charge in [0.15, 0.2) is 0 Å². The first-order chi connectivity index (χ1) is 12.2. The van der Waals surface area contributed by atoms with Crippen molar-refractivity contribution in [3.8, 4) is 0 Å². The maximum absolute atomic E-state index is 10.6. The van der Waals surface area contributed by atoms with Gasteiger partial charge in [-0.2, -0.15) is 0 Å². The SMILES string of the molecule is C=CCCCCCCCCCCCCCCCCCC=C(C)C(=O)O. The van der Waals surface area contributed by atoms with E-state index in [4.69, 9.17) is 5.11 Å². The fourth-order valence-electron chi connectivity index (χ4n) is 3.14. The largest absolute Gasteiger partial charge is 0.478 e. The van der Waals surface area contributed by atoms with Crippen LogP contribution in [0.2, 0.25) is 0 Å². The lowest BCUT2D eigenvalue weighted by molar-refractivity contribution is -0.132. The number of hydrogen-bond donors (Lipinski definition) is 1. The number of carboxylic acids is 1. The van der Waals surface area contributed by atoms with Gasteiger partial charge in [0.2, 0.25) is 0 Å². The molecule has 0 aliphatic rings. The van der Waals surface area contributed by atoms with Crippen molar-refractivity contribution in [1.29, 1.82) is 0 Å². The Labute approximate surface area is 156 Å². The highest BCUT2D eigenvalue weighted by Crippen LogP contribution is 2.14. The molecule has 0 radical (unpaired) electrons. The van der Waals surface area contributed by atoms with Gasteiger partial charge in [-0.3, -0.25) is 0 Å². The summed E-state index contributed by atoms with van der Waals surface area (Å²) >= 11 is 0. The summed E-state index contributed by atoms with van der Waals surface area (Å²) in [5.41, 5.74) is 0.479. The molecule has 0 bridgehead atoms. The molecule has 0 aliphatic carbocycles. The maximum Gasteiger partial charge on any atom is 0.330 e. The van der Waals surface area contributed by atoms with Gasteiger partial charge in [-0.15, -0.1) is 6.58 Å². The van der Waals surface area contributed by atoms with E-state index in [1.807, 2.05) is 12.2 Å². The van der Waals surface area contributed by atoms with E-state index in [0.29, 0.717) is 5.57 Å². The first-order valence-electron chi connectivity index (χ1n) is 10.7. The van der Waals surface area contributed by atoms with Crippen molar-refractivity contribution < 1.29 is 9.90 Å². The van der Waals surface area contributed by atoms with E-state index in [9.17, 15) is 4.79 Å². The molecule has 2 nitrogen and oxygen atoms in total. The smallest absolute Gasteiger partial charge is 0.330 e. The Balaban J connectivity index is 3.11. The van der Waals surface area contributed by atoms with Gasteiger partial charge < -0.3 is 5.11 Å². The molecule has 0 aromatic carbocycles. The van der Waals surface area contributed by atoms with Crippen molar-refractivity contribution >= 4 is 5.97 Å². The number of carboxylic acid groups (broad SMARTS) is 1. The van der Waals surface area contributed by atoms with Crippen LogP contribution in [0.4, 0.5) is 0 Å². The minimum atomic E-state index is -0.788. The van der Waals surface area contributed by atoms with Gasteiger partial charge in [0.25, 0.3) is 0 Å². The van der Waals surface area contributed by atoms with Crippen LogP contribution in [0.1, 0.15) is 116 Å². The van der Waals surface area contributed by atoms with Crippen molar-refractivity contribution in [2.75, 3.05) is 0 Å². The second-order valence-electron chi connectivity index (χ2n) is 7.36. The number of hydrogen-bond acceptors (Lipinski definition) is 1. The van der Waals surface area contributed by atoms with Crippen molar-refractivity contribution in [3.05, 3.63) is 24.3 Å². The average molecular weight is 351 g/mol. The summed E-state index contributed by atoms with van der Waals surface area (Å²) in [5.74, 6) is -0.788. The molecular weight excluding hydrogens is 308 g/mol. The Morgan fingerprint density at radius 3 is 1.32 bits per heavy atom. The highest BCUT2D eigenvalue weighted by molar-refractivity contribution is 5.85. The van der Waals surface area contributed by atoms with Crippen LogP contribution in [-0.4, -0.2) is 11.1 Å². The Hall–Kier alpha value is -1.05. The lowest BCUT2D eigenvalue weighted by Gasteiger charge is -2.03. The van der Waals surface area contributed by atoms with E-state index in [2.05, 4.69) is 6.58 Å². The number of rotatable bonds is 19. The second-order valence-corrected chi connectivity index (χ2v) is 7.36. The van der Waals surface area contributed by atoms with Crippen LogP contribution in [0.25, 0.3) is 0 Å². The van der Waals surface area contributed by atoms with Crippen molar-refractivity contribution in [3.63, 3.8) is 0 Å². The Morgan fingerprint density at radius 2 is 1.00 bits per heavy atom. The number of aliphatic carboxylic acids is 1. The zero-order valence-corrected chi connectivity index (χ0v) is 16.7. The number of unbranched alkanes of at least 4 members (excludes halogenated alkanes) is 16. The standard InChI is InChI=1S/C23H42O2/c1-3-4-5-6-7-8-9-10-11-12-13-14-15-16-17-18-19-20-21-22(2)23(24)25/h3,21H,1,4-20H2,2H3,(H,24,25). The van der Waals surface area contributed by atoms with Crippen molar-refractivity contribution in [1.82, 2.24) is 0 Å². The number of allylic oxidation sites excluding steroid dienone is 2. The topological polar surface area (TPSA) is 37.3 Å². The van der Waals surface area contributed by atoms with Gasteiger partial charge in [0.05, 0.1) is 0 Å². The van der Waals surface area contributed by atoms with E-state index in [1.165, 1.54) is 96.3 Å². The molecule has 0 fully saturated rings. The highest BCUT2D eigenvalue weighted by atomic mass is 16.4. The van der Waals surface area contributed by atoms with E-state index >= 15 is 0 Å². The molecule has 0 amide bonds. The van der Waals surface area contributed by atoms with Crippen LogP contribution in [0.15, 0.2) is 24.3 Å². The molecule has 0 unspecified atom stereocenters. The highest BCUT2D eigenvalue weighted by Gasteiger charge is 1.98. The average Bonchev–Trinajstić information content (AvgIpc) is 2.60. The molecular formula is C23H42O2. The molecule has 0 spiro atoms. The summed E-state index contributed by atoms with van der Waals surface area (Å²) in [5, 5.41) is 8.75. The zero-order valence-electron chi connectivity index (χ0n) is 16.7. The molecule has 0 atom stereocenters. The normalized spacial score (nSPS) is 11.6. The molecule has 0 heterocycles. The lowest BCUT2D eigenvalue weighted by atomic mass is 10.0.